The lowest BCUT2D eigenvalue weighted by Gasteiger charge is -1.94. The Morgan fingerprint density at radius 2 is 2.29 bits per heavy atom. The van der Waals surface area contributed by atoms with Crippen LogP contribution in [0.25, 0.3) is 10.9 Å². The number of ketones is 1. The van der Waals surface area contributed by atoms with Crippen molar-refractivity contribution in [3.8, 4) is 0 Å². The number of aromatic amines is 1. The molecule has 1 N–H and O–H groups in total. The fourth-order valence-corrected chi connectivity index (χ4v) is 1.54. The van der Waals surface area contributed by atoms with Gasteiger partial charge >= 0.3 is 0 Å². The summed E-state index contributed by atoms with van der Waals surface area (Å²) < 4.78 is 12.9. The highest BCUT2D eigenvalue weighted by Gasteiger charge is 2.10. The molecule has 0 fully saturated rings. The molecule has 0 aliphatic carbocycles. The van der Waals surface area contributed by atoms with Crippen molar-refractivity contribution in [3.05, 3.63) is 35.8 Å². The molecular formula is C10H7ClFNO. The highest BCUT2D eigenvalue weighted by molar-refractivity contribution is 6.31. The van der Waals surface area contributed by atoms with Crippen molar-refractivity contribution in [1.29, 1.82) is 0 Å². The van der Waals surface area contributed by atoms with E-state index in [0.29, 0.717) is 10.9 Å². The van der Waals surface area contributed by atoms with Gasteiger partial charge in [0.25, 0.3) is 0 Å². The first kappa shape index (κ1) is 9.21. The normalized spacial score (nSPS) is 10.7. The van der Waals surface area contributed by atoms with E-state index in [1.165, 1.54) is 12.1 Å². The van der Waals surface area contributed by atoms with E-state index >= 15 is 0 Å². The highest BCUT2D eigenvalue weighted by Crippen LogP contribution is 2.19. The zero-order chi connectivity index (χ0) is 10.1. The number of hydrogen-bond donors (Lipinski definition) is 1. The average molecular weight is 212 g/mol. The van der Waals surface area contributed by atoms with E-state index in [-0.39, 0.29) is 17.5 Å². The number of carbonyl (C=O) groups is 1. The maximum Gasteiger partial charge on any atom is 0.179 e. The van der Waals surface area contributed by atoms with Crippen LogP contribution in [0.4, 0.5) is 4.39 Å². The zero-order valence-corrected chi connectivity index (χ0v) is 7.94. The summed E-state index contributed by atoms with van der Waals surface area (Å²) in [6.45, 7) is 0. The molecule has 0 saturated heterocycles. The topological polar surface area (TPSA) is 32.9 Å². The van der Waals surface area contributed by atoms with Gasteiger partial charge in [0.1, 0.15) is 5.82 Å². The molecule has 0 atom stereocenters. The van der Waals surface area contributed by atoms with E-state index in [4.69, 9.17) is 11.6 Å². The van der Waals surface area contributed by atoms with Crippen molar-refractivity contribution < 1.29 is 9.18 Å². The van der Waals surface area contributed by atoms with Gasteiger partial charge in [-0.3, -0.25) is 4.79 Å². The first-order valence-corrected chi connectivity index (χ1v) is 4.61. The molecule has 2 aromatic rings. The average Bonchev–Trinajstić information content (AvgIpc) is 2.59. The van der Waals surface area contributed by atoms with Crippen molar-refractivity contribution in [1.82, 2.24) is 4.98 Å². The molecule has 0 amide bonds. The predicted molar refractivity (Wildman–Crippen MR) is 53.3 cm³/mol. The summed E-state index contributed by atoms with van der Waals surface area (Å²) >= 11 is 5.43. The smallest absolute Gasteiger partial charge is 0.179 e. The molecule has 4 heteroatoms. The molecule has 0 aliphatic rings. The standard InChI is InChI=1S/C10H7ClFNO/c11-4-10(14)8-5-13-9-2-1-6(12)3-7(8)9/h1-3,5,13H,4H2. The van der Waals surface area contributed by atoms with Gasteiger partial charge in [0.2, 0.25) is 0 Å². The SMILES string of the molecule is O=C(CCl)c1c[nH]c2ccc(F)cc12. The minimum Gasteiger partial charge on any atom is -0.360 e. The van der Waals surface area contributed by atoms with Gasteiger partial charge in [-0.2, -0.15) is 0 Å². The predicted octanol–water partition coefficient (Wildman–Crippen LogP) is 2.73. The van der Waals surface area contributed by atoms with Gasteiger partial charge in [-0.05, 0) is 18.2 Å². The molecule has 0 spiro atoms. The second-order valence-corrected chi connectivity index (χ2v) is 3.22. The van der Waals surface area contributed by atoms with E-state index in [2.05, 4.69) is 4.98 Å². The fraction of sp³-hybridized carbons (Fsp3) is 0.100. The van der Waals surface area contributed by atoms with Crippen LogP contribution in [0.5, 0.6) is 0 Å². The van der Waals surface area contributed by atoms with Crippen LogP contribution in [0.2, 0.25) is 0 Å². The van der Waals surface area contributed by atoms with Gasteiger partial charge in [-0.1, -0.05) is 0 Å². The van der Waals surface area contributed by atoms with Crippen LogP contribution in [0.3, 0.4) is 0 Å². The molecule has 1 aromatic heterocycles. The number of alkyl halides is 1. The Hall–Kier alpha value is -1.35. The number of carbonyl (C=O) groups excluding carboxylic acids is 1. The third kappa shape index (κ3) is 1.40. The molecule has 0 radical (unpaired) electrons. The Kier molecular flexibility index (Phi) is 2.25. The highest BCUT2D eigenvalue weighted by atomic mass is 35.5. The lowest BCUT2D eigenvalue weighted by atomic mass is 10.1. The van der Waals surface area contributed by atoms with Crippen molar-refractivity contribution in [2.45, 2.75) is 0 Å². The van der Waals surface area contributed by atoms with Gasteiger partial charge < -0.3 is 4.98 Å². The van der Waals surface area contributed by atoms with Crippen molar-refractivity contribution in [3.63, 3.8) is 0 Å². The quantitative estimate of drug-likeness (QED) is 0.601. The van der Waals surface area contributed by atoms with Crippen LogP contribution in [-0.4, -0.2) is 16.6 Å². The van der Waals surface area contributed by atoms with Gasteiger partial charge in [-0.25, -0.2) is 4.39 Å². The van der Waals surface area contributed by atoms with Gasteiger partial charge in [-0.15, -0.1) is 11.6 Å². The molecular weight excluding hydrogens is 205 g/mol. The molecule has 0 saturated carbocycles. The molecule has 2 nitrogen and oxygen atoms in total. The fourth-order valence-electron chi connectivity index (χ4n) is 1.40. The largest absolute Gasteiger partial charge is 0.360 e. The van der Waals surface area contributed by atoms with Crippen LogP contribution < -0.4 is 0 Å². The Bertz CT molecular complexity index is 492. The molecule has 14 heavy (non-hydrogen) atoms. The van der Waals surface area contributed by atoms with Crippen LogP contribution in [0.15, 0.2) is 24.4 Å². The van der Waals surface area contributed by atoms with Crippen molar-refractivity contribution >= 4 is 28.3 Å². The zero-order valence-electron chi connectivity index (χ0n) is 7.18. The maximum absolute atomic E-state index is 12.9. The first-order chi connectivity index (χ1) is 6.72. The number of rotatable bonds is 2. The lowest BCUT2D eigenvalue weighted by Crippen LogP contribution is -1.98. The summed E-state index contributed by atoms with van der Waals surface area (Å²) in [6, 6.07) is 4.26. The number of benzene rings is 1. The molecule has 72 valence electrons. The molecule has 2 rings (SSSR count). The van der Waals surface area contributed by atoms with Crippen LogP contribution in [0, 0.1) is 5.82 Å². The Morgan fingerprint density at radius 1 is 1.50 bits per heavy atom. The van der Waals surface area contributed by atoms with E-state index in [1.807, 2.05) is 0 Å². The van der Waals surface area contributed by atoms with Crippen LogP contribution in [0.1, 0.15) is 10.4 Å². The van der Waals surface area contributed by atoms with Gasteiger partial charge in [0.05, 0.1) is 5.88 Å². The minimum atomic E-state index is -0.360. The summed E-state index contributed by atoms with van der Waals surface area (Å²) in [7, 11) is 0. The molecule has 0 unspecified atom stereocenters. The Labute approximate surface area is 84.7 Å². The van der Waals surface area contributed by atoms with Crippen LogP contribution >= 0.6 is 11.6 Å². The Morgan fingerprint density at radius 3 is 3.00 bits per heavy atom. The van der Waals surface area contributed by atoms with E-state index in [1.54, 1.807) is 12.3 Å². The van der Waals surface area contributed by atoms with Crippen LogP contribution in [-0.2, 0) is 0 Å². The summed E-state index contributed by atoms with van der Waals surface area (Å²) in [4.78, 5) is 14.2. The third-order valence-corrected chi connectivity index (χ3v) is 2.31. The van der Waals surface area contributed by atoms with E-state index < -0.39 is 0 Å². The van der Waals surface area contributed by atoms with Gasteiger partial charge in [0.15, 0.2) is 5.78 Å². The summed E-state index contributed by atoms with van der Waals surface area (Å²) in [6.07, 6.45) is 1.55. The summed E-state index contributed by atoms with van der Waals surface area (Å²) in [5, 5.41) is 0.579. The second kappa shape index (κ2) is 3.42. The molecule has 1 aromatic carbocycles. The second-order valence-electron chi connectivity index (χ2n) is 2.95. The Balaban J connectivity index is 2.67. The third-order valence-electron chi connectivity index (χ3n) is 2.07. The van der Waals surface area contributed by atoms with E-state index in [0.717, 1.165) is 5.52 Å². The summed E-state index contributed by atoms with van der Waals surface area (Å²) in [5.41, 5.74) is 1.18. The number of H-pyrrole nitrogens is 1. The lowest BCUT2D eigenvalue weighted by molar-refractivity contribution is 0.102. The number of hydrogen-bond acceptors (Lipinski definition) is 1. The monoisotopic (exact) mass is 211 g/mol. The molecule has 0 aliphatic heterocycles. The number of fused-ring (bicyclic) bond motifs is 1. The summed E-state index contributed by atoms with van der Waals surface area (Å²) in [5.74, 6) is -0.659. The number of Topliss-reactive ketones (excluding diaryl/α,β-unsaturated/α-hetero) is 1. The maximum atomic E-state index is 12.9. The van der Waals surface area contributed by atoms with Crippen molar-refractivity contribution in [2.24, 2.45) is 0 Å². The molecule has 1 heterocycles. The van der Waals surface area contributed by atoms with Crippen molar-refractivity contribution in [2.75, 3.05) is 5.88 Å². The molecule has 0 bridgehead atoms. The number of nitrogens with one attached hydrogen (secondary N) is 1. The first-order valence-electron chi connectivity index (χ1n) is 4.08. The minimum absolute atomic E-state index is 0.0938. The van der Waals surface area contributed by atoms with E-state index in [9.17, 15) is 9.18 Å². The number of halogens is 2. The number of aromatic nitrogens is 1. The van der Waals surface area contributed by atoms with Gasteiger partial charge in [0, 0.05) is 22.7 Å².